The minimum Gasteiger partial charge on any atom is -0.384 e. The zero-order valence-electron chi connectivity index (χ0n) is 12.1. The van der Waals surface area contributed by atoms with E-state index in [0.29, 0.717) is 5.92 Å². The van der Waals surface area contributed by atoms with Gasteiger partial charge in [-0.05, 0) is 38.5 Å². The Bertz CT molecular complexity index is 442. The maximum Gasteiger partial charge on any atom is 0.455 e. The molecule has 1 heterocycles. The first kappa shape index (κ1) is 16.2. The van der Waals surface area contributed by atoms with Crippen LogP contribution in [0.2, 0.25) is 0 Å². The van der Waals surface area contributed by atoms with Crippen LogP contribution in [0.5, 0.6) is 0 Å². The van der Waals surface area contributed by atoms with Crippen LogP contribution in [0.25, 0.3) is 0 Å². The molecule has 5 nitrogen and oxygen atoms in total. The number of ether oxygens (including phenoxy) is 1. The molecule has 0 aliphatic heterocycles. The van der Waals surface area contributed by atoms with E-state index in [2.05, 4.69) is 15.5 Å². The lowest BCUT2D eigenvalue weighted by atomic mass is 9.86. The zero-order chi connectivity index (χ0) is 15.5. The Kier molecular flexibility index (Phi) is 5.21. The van der Waals surface area contributed by atoms with Crippen molar-refractivity contribution in [1.29, 1.82) is 0 Å². The molecule has 0 unspecified atom stereocenters. The molecule has 1 atom stereocenters. The van der Waals surface area contributed by atoms with Gasteiger partial charge in [0.2, 0.25) is 5.89 Å². The molecule has 0 saturated heterocycles. The SMILES string of the molecule is COCC1CCC(N[C@@H](C)c2nc(C(F)(F)F)no2)CC1. The fourth-order valence-electron chi connectivity index (χ4n) is 2.68. The molecule has 0 spiro atoms. The quantitative estimate of drug-likeness (QED) is 0.906. The normalized spacial score (nSPS) is 25.0. The van der Waals surface area contributed by atoms with E-state index in [1.54, 1.807) is 14.0 Å². The topological polar surface area (TPSA) is 60.2 Å². The molecule has 2 rings (SSSR count). The van der Waals surface area contributed by atoms with Crippen molar-refractivity contribution in [2.75, 3.05) is 13.7 Å². The maximum absolute atomic E-state index is 12.4. The van der Waals surface area contributed by atoms with Gasteiger partial charge in [0.1, 0.15) is 0 Å². The molecule has 1 aromatic rings. The summed E-state index contributed by atoms with van der Waals surface area (Å²) in [6.07, 6.45) is -0.525. The Morgan fingerprint density at radius 3 is 2.52 bits per heavy atom. The van der Waals surface area contributed by atoms with Gasteiger partial charge in [0.05, 0.1) is 6.04 Å². The Morgan fingerprint density at radius 2 is 2.00 bits per heavy atom. The summed E-state index contributed by atoms with van der Waals surface area (Å²) in [4.78, 5) is 3.41. The van der Waals surface area contributed by atoms with Gasteiger partial charge in [-0.25, -0.2) is 0 Å². The lowest BCUT2D eigenvalue weighted by Gasteiger charge is -2.30. The van der Waals surface area contributed by atoms with Gasteiger partial charge in [0, 0.05) is 19.8 Å². The molecule has 1 aliphatic rings. The molecule has 1 aliphatic carbocycles. The fraction of sp³-hybridized carbons (Fsp3) is 0.846. The third-order valence-electron chi connectivity index (χ3n) is 3.80. The number of hydrogen-bond donors (Lipinski definition) is 1. The summed E-state index contributed by atoms with van der Waals surface area (Å²) in [5, 5.41) is 6.23. The van der Waals surface area contributed by atoms with Crippen LogP contribution >= 0.6 is 0 Å². The highest BCUT2D eigenvalue weighted by Crippen LogP contribution is 2.29. The van der Waals surface area contributed by atoms with Gasteiger partial charge >= 0.3 is 6.18 Å². The van der Waals surface area contributed by atoms with E-state index in [9.17, 15) is 13.2 Å². The molecule has 0 bridgehead atoms. The summed E-state index contributed by atoms with van der Waals surface area (Å²) in [6, 6.07) is -0.132. The molecular weight excluding hydrogens is 287 g/mol. The molecule has 1 saturated carbocycles. The van der Waals surface area contributed by atoms with Crippen LogP contribution in [0, 0.1) is 5.92 Å². The van der Waals surface area contributed by atoms with Gasteiger partial charge in [0.15, 0.2) is 0 Å². The third kappa shape index (κ3) is 4.41. The predicted molar refractivity (Wildman–Crippen MR) is 68.5 cm³/mol. The average Bonchev–Trinajstić information content (AvgIpc) is 2.91. The van der Waals surface area contributed by atoms with E-state index < -0.39 is 18.0 Å². The molecule has 1 aromatic heterocycles. The van der Waals surface area contributed by atoms with Gasteiger partial charge in [-0.1, -0.05) is 5.16 Å². The number of hydrogen-bond acceptors (Lipinski definition) is 5. The second-order valence-electron chi connectivity index (χ2n) is 5.52. The highest BCUT2D eigenvalue weighted by Gasteiger charge is 2.38. The lowest BCUT2D eigenvalue weighted by Crippen LogP contribution is -2.35. The highest BCUT2D eigenvalue weighted by atomic mass is 19.4. The molecule has 120 valence electrons. The molecule has 0 aromatic carbocycles. The van der Waals surface area contributed by atoms with Crippen molar-refractivity contribution in [2.24, 2.45) is 5.92 Å². The predicted octanol–water partition coefficient (Wildman–Crippen LogP) is 2.94. The summed E-state index contributed by atoms with van der Waals surface area (Å²) in [5.41, 5.74) is 0. The van der Waals surface area contributed by atoms with Crippen molar-refractivity contribution in [1.82, 2.24) is 15.5 Å². The summed E-state index contributed by atoms with van der Waals surface area (Å²) < 4.78 is 47.1. The van der Waals surface area contributed by atoms with Gasteiger partial charge in [0.25, 0.3) is 5.82 Å². The number of methoxy groups -OCH3 is 1. The Morgan fingerprint density at radius 1 is 1.33 bits per heavy atom. The van der Waals surface area contributed by atoms with Crippen molar-refractivity contribution >= 4 is 0 Å². The lowest BCUT2D eigenvalue weighted by molar-refractivity contribution is -0.146. The second-order valence-corrected chi connectivity index (χ2v) is 5.52. The minimum atomic E-state index is -4.57. The number of aromatic nitrogens is 2. The minimum absolute atomic E-state index is 0.0265. The number of nitrogens with one attached hydrogen (secondary N) is 1. The van der Waals surface area contributed by atoms with Crippen LogP contribution in [0.3, 0.4) is 0 Å². The Balaban J connectivity index is 1.85. The molecular formula is C13H20F3N3O2. The smallest absolute Gasteiger partial charge is 0.384 e. The van der Waals surface area contributed by atoms with Crippen molar-refractivity contribution in [3.05, 3.63) is 11.7 Å². The molecule has 0 radical (unpaired) electrons. The molecule has 8 heteroatoms. The standard InChI is InChI=1S/C13H20F3N3O2/c1-8(11-18-12(19-21-11)13(14,15)16)17-10-5-3-9(4-6-10)7-20-2/h8-10,17H,3-7H2,1-2H3/t8-,9?,10?/m0/s1. The fourth-order valence-corrected chi connectivity index (χ4v) is 2.68. The van der Waals surface area contributed by atoms with Crippen molar-refractivity contribution in [2.45, 2.75) is 50.9 Å². The highest BCUT2D eigenvalue weighted by molar-refractivity contribution is 4.95. The van der Waals surface area contributed by atoms with Gasteiger partial charge < -0.3 is 14.6 Å². The van der Waals surface area contributed by atoms with Crippen LogP contribution in [0.4, 0.5) is 13.2 Å². The van der Waals surface area contributed by atoms with E-state index in [1.807, 2.05) is 0 Å². The number of rotatable bonds is 5. The van der Waals surface area contributed by atoms with Crippen LogP contribution in [0.15, 0.2) is 4.52 Å². The maximum atomic E-state index is 12.4. The Hall–Kier alpha value is -1.15. The van der Waals surface area contributed by atoms with E-state index in [4.69, 9.17) is 9.26 Å². The van der Waals surface area contributed by atoms with E-state index >= 15 is 0 Å². The van der Waals surface area contributed by atoms with E-state index in [0.717, 1.165) is 32.3 Å². The summed E-state index contributed by atoms with van der Waals surface area (Å²) in [6.45, 7) is 2.50. The van der Waals surface area contributed by atoms with Gasteiger partial charge in [-0.3, -0.25) is 0 Å². The third-order valence-corrected chi connectivity index (χ3v) is 3.80. The molecule has 1 fully saturated rings. The monoisotopic (exact) mass is 307 g/mol. The number of nitrogens with zero attached hydrogens (tertiary/aromatic N) is 2. The first-order chi connectivity index (χ1) is 9.90. The van der Waals surface area contributed by atoms with Crippen molar-refractivity contribution in [3.8, 4) is 0 Å². The van der Waals surface area contributed by atoms with Crippen molar-refractivity contribution in [3.63, 3.8) is 0 Å². The van der Waals surface area contributed by atoms with Crippen LogP contribution in [-0.4, -0.2) is 29.9 Å². The summed E-state index contributed by atoms with van der Waals surface area (Å²) >= 11 is 0. The Labute approximate surface area is 121 Å². The molecule has 0 amide bonds. The summed E-state index contributed by atoms with van der Waals surface area (Å²) in [7, 11) is 1.69. The van der Waals surface area contributed by atoms with E-state index in [-0.39, 0.29) is 11.9 Å². The zero-order valence-corrected chi connectivity index (χ0v) is 12.1. The first-order valence-corrected chi connectivity index (χ1v) is 7.06. The molecule has 21 heavy (non-hydrogen) atoms. The number of alkyl halides is 3. The van der Waals surface area contributed by atoms with Crippen LogP contribution in [0.1, 0.15) is 50.4 Å². The molecule has 1 N–H and O–H groups in total. The van der Waals surface area contributed by atoms with Crippen LogP contribution < -0.4 is 5.32 Å². The van der Waals surface area contributed by atoms with E-state index in [1.165, 1.54) is 0 Å². The summed E-state index contributed by atoms with van der Waals surface area (Å²) in [5.74, 6) is -0.681. The van der Waals surface area contributed by atoms with Crippen LogP contribution in [-0.2, 0) is 10.9 Å². The average molecular weight is 307 g/mol. The van der Waals surface area contributed by atoms with Gasteiger partial charge in [-0.2, -0.15) is 18.2 Å². The van der Waals surface area contributed by atoms with Crippen molar-refractivity contribution < 1.29 is 22.4 Å². The largest absolute Gasteiger partial charge is 0.455 e. The number of halogens is 3. The van der Waals surface area contributed by atoms with Gasteiger partial charge in [-0.15, -0.1) is 0 Å². The second kappa shape index (κ2) is 6.74. The first-order valence-electron chi connectivity index (χ1n) is 7.06.